The van der Waals surface area contributed by atoms with E-state index in [0.717, 1.165) is 138 Å². The maximum Gasteiger partial charge on any atom is 0.229 e. The number of aryl methyl sites for hydroxylation is 3. The molecule has 0 aliphatic carbocycles. The van der Waals surface area contributed by atoms with Crippen molar-refractivity contribution in [2.75, 3.05) is 116 Å². The predicted molar refractivity (Wildman–Crippen MR) is 370 cm³/mol. The van der Waals surface area contributed by atoms with Crippen LogP contribution >= 0.6 is 58.0 Å². The summed E-state index contributed by atoms with van der Waals surface area (Å²) < 4.78 is 0. The molecule has 0 bridgehead atoms. The molecule has 0 radical (unpaired) electrons. The minimum atomic E-state index is 0.178. The molecule has 9 N–H and O–H groups in total. The van der Waals surface area contributed by atoms with Gasteiger partial charge in [-0.2, -0.15) is 20.8 Å². The van der Waals surface area contributed by atoms with E-state index in [1.165, 1.54) is 11.8 Å². The third-order valence-electron chi connectivity index (χ3n) is 15.2. The van der Waals surface area contributed by atoms with E-state index in [2.05, 4.69) is 83.7 Å². The maximum atomic E-state index is 9.25. The van der Waals surface area contributed by atoms with Crippen LogP contribution in [0.1, 0.15) is 50.1 Å². The van der Waals surface area contributed by atoms with E-state index in [9.17, 15) is 5.26 Å². The topological polar surface area (TPSA) is 290 Å². The number of anilines is 10. The van der Waals surface area contributed by atoms with Gasteiger partial charge in [0.1, 0.15) is 16.8 Å². The number of aliphatic hydroxyl groups is 2. The van der Waals surface area contributed by atoms with Crippen molar-refractivity contribution in [1.82, 2.24) is 39.7 Å². The first kappa shape index (κ1) is 71.8. The van der Waals surface area contributed by atoms with E-state index in [4.69, 9.17) is 90.2 Å². The zero-order valence-electron chi connectivity index (χ0n) is 51.8. The third-order valence-corrected chi connectivity index (χ3v) is 16.4. The molecule has 2 fully saturated rings. The number of rotatable bonds is 15. The SMILES string of the molecule is Cc1ccc(N)c(CC#N)c1C.Cc1ccc(Nc2ccnc(Cl)n2)c(CC#N)c1C.Cc1ccc(Nc2ccnc(Nc3ccc(N4CCN(CCO)CC4)c(Cl)c3)n2)c(CC#N)c1C.Clc1ccnc(Cl)n1.Nc1ccc(N2CCN(CCO)CC2)c(Cl)c1. The molecule has 0 spiro atoms. The fraction of sp³-hybridized carbons (Fsp3) is 0.318. The van der Waals surface area contributed by atoms with Gasteiger partial charge >= 0.3 is 0 Å². The molecule has 2 aliphatic heterocycles. The van der Waals surface area contributed by atoms with E-state index in [-0.39, 0.29) is 23.8 Å². The van der Waals surface area contributed by atoms with Crippen molar-refractivity contribution in [1.29, 1.82) is 15.8 Å². The Kier molecular flexibility index (Phi) is 28.8. The normalized spacial score (nSPS) is 12.8. The average molecular weight is 1330 g/mol. The number of piperazine rings is 2. The highest BCUT2D eigenvalue weighted by molar-refractivity contribution is 6.34. The number of nitrogens with zero attached hydrogens (tertiary/aromatic N) is 13. The molecule has 0 amide bonds. The van der Waals surface area contributed by atoms with Crippen molar-refractivity contribution >= 4 is 115 Å². The van der Waals surface area contributed by atoms with Crippen LogP contribution in [-0.2, 0) is 19.3 Å². The Morgan fingerprint density at radius 3 is 1.37 bits per heavy atom. The molecule has 0 atom stereocenters. The number of aliphatic hydroxyl groups excluding tert-OH is 2. The van der Waals surface area contributed by atoms with Crippen molar-refractivity contribution in [3.05, 3.63) is 185 Å². The maximum absolute atomic E-state index is 9.25. The van der Waals surface area contributed by atoms with Gasteiger partial charge in [0.25, 0.3) is 0 Å². The molecular formula is C66H75Cl5N18O2. The van der Waals surface area contributed by atoms with Gasteiger partial charge in [0, 0.05) is 112 Å². The van der Waals surface area contributed by atoms with Crippen LogP contribution in [-0.4, -0.2) is 129 Å². The lowest BCUT2D eigenvalue weighted by molar-refractivity contribution is 0.188. The lowest BCUT2D eigenvalue weighted by Crippen LogP contribution is -2.47. The summed E-state index contributed by atoms with van der Waals surface area (Å²) >= 11 is 29.3. The largest absolute Gasteiger partial charge is 0.399 e. The van der Waals surface area contributed by atoms with Gasteiger partial charge in [-0.15, -0.1) is 0 Å². The van der Waals surface area contributed by atoms with Crippen molar-refractivity contribution in [3.8, 4) is 18.2 Å². The number of nitrogens with two attached hydrogens (primary N) is 2. The van der Waals surface area contributed by atoms with E-state index in [1.54, 1.807) is 36.7 Å². The Labute approximate surface area is 558 Å². The van der Waals surface area contributed by atoms with Crippen LogP contribution in [0.25, 0.3) is 0 Å². The van der Waals surface area contributed by atoms with E-state index >= 15 is 0 Å². The fourth-order valence-corrected chi connectivity index (χ4v) is 10.8. The zero-order chi connectivity index (χ0) is 66.0. The van der Waals surface area contributed by atoms with Crippen molar-refractivity contribution in [2.45, 2.75) is 60.8 Å². The average Bonchev–Trinajstić information content (AvgIpc) is 1.69. The summed E-state index contributed by atoms with van der Waals surface area (Å²) in [5.74, 6) is 1.69. The van der Waals surface area contributed by atoms with Crippen LogP contribution in [0.5, 0.6) is 0 Å². The third kappa shape index (κ3) is 22.0. The molecule has 0 unspecified atom stereocenters. The molecule has 0 saturated carbocycles. The fourth-order valence-electron chi connectivity index (χ4n) is 9.75. The number of nitrogens with one attached hydrogen (secondary N) is 3. The number of hydrogen-bond donors (Lipinski definition) is 7. The van der Waals surface area contributed by atoms with Gasteiger partial charge in [-0.25, -0.2) is 24.9 Å². The first-order valence-electron chi connectivity index (χ1n) is 29.2. The number of β-amino-alcohol motifs (C(OH)–C–C–N with tert-alkyl or cyclic N) is 2. The Balaban J connectivity index is 0.000000199. The van der Waals surface area contributed by atoms with Gasteiger partial charge < -0.3 is 47.4 Å². The highest BCUT2D eigenvalue weighted by atomic mass is 35.5. The quantitative estimate of drug-likeness (QED) is 0.0285. The summed E-state index contributed by atoms with van der Waals surface area (Å²) in [6.07, 6.45) is 5.85. The van der Waals surface area contributed by atoms with Crippen molar-refractivity contribution < 1.29 is 10.2 Å². The van der Waals surface area contributed by atoms with Crippen molar-refractivity contribution in [2.24, 2.45) is 0 Å². The smallest absolute Gasteiger partial charge is 0.229 e. The Morgan fingerprint density at radius 1 is 0.484 bits per heavy atom. The highest BCUT2D eigenvalue weighted by Gasteiger charge is 2.21. The molecule has 2 aliphatic rings. The van der Waals surface area contributed by atoms with Crippen LogP contribution in [0.15, 0.2) is 110 Å². The van der Waals surface area contributed by atoms with Crippen LogP contribution in [0, 0.1) is 75.5 Å². The molecule has 476 valence electrons. The van der Waals surface area contributed by atoms with Crippen LogP contribution < -0.4 is 37.2 Å². The van der Waals surface area contributed by atoms with Gasteiger partial charge in [0.05, 0.1) is 72.1 Å². The van der Waals surface area contributed by atoms with Gasteiger partial charge in [-0.05, 0) is 188 Å². The zero-order valence-corrected chi connectivity index (χ0v) is 55.5. The number of benzene rings is 5. The molecular weight excluding hydrogens is 1250 g/mol. The summed E-state index contributed by atoms with van der Waals surface area (Å²) in [6, 6.07) is 35.0. The lowest BCUT2D eigenvalue weighted by atomic mass is 9.99. The van der Waals surface area contributed by atoms with Crippen LogP contribution in [0.3, 0.4) is 0 Å². The molecule has 10 rings (SSSR count). The summed E-state index contributed by atoms with van der Waals surface area (Å²) in [6.45, 7) is 21.3. The van der Waals surface area contributed by atoms with E-state index in [1.807, 2.05) is 108 Å². The number of hydrogen-bond acceptors (Lipinski definition) is 20. The van der Waals surface area contributed by atoms with Crippen LogP contribution in [0.2, 0.25) is 25.8 Å². The predicted octanol–water partition coefficient (Wildman–Crippen LogP) is 12.7. The summed E-state index contributed by atoms with van der Waals surface area (Å²) in [5, 5.41) is 56.6. The molecule has 5 aromatic carbocycles. The summed E-state index contributed by atoms with van der Waals surface area (Å²) in [5.41, 5.74) is 27.2. The van der Waals surface area contributed by atoms with Crippen LogP contribution in [0.4, 0.5) is 57.4 Å². The molecule has 5 heterocycles. The Morgan fingerprint density at radius 2 is 0.923 bits per heavy atom. The summed E-state index contributed by atoms with van der Waals surface area (Å²) in [4.78, 5) is 33.1. The number of aromatic nitrogens is 6. The number of nitriles is 3. The second-order valence-corrected chi connectivity index (χ2v) is 23.0. The first-order chi connectivity index (χ1) is 43.7. The first-order valence-corrected chi connectivity index (χ1v) is 31.1. The standard InChI is InChI=1S/C26H30ClN7O.C14H13ClN4.C12H18ClN3O.C10H12N2.C4H2Cl2N2/c1-18-3-5-23(21(7-9-28)19(18)2)31-25-8-10-29-26(32-25)30-20-4-6-24(22(27)17-20)34-13-11-33(12-14-34)15-16-35;1-9-3-4-12(11(5-7-16)10(9)2)18-13-6-8-17-14(15)19-13;13-11-9-10(14)1-2-12(11)16-5-3-15(4-6-16)7-8-17;1-7-3-4-10(12)9(5-6-11)8(7)2;5-3-1-2-7-4(6)8-3/h3-6,8,10,17,35H,7,11-16H2,1-2H3,(H2,29,30,31,32);3-4,6,8H,5H2,1-2H3,(H,17,18,19);1-2,9,17H,3-8,14H2;3-4H,5,12H2,1-2H3;1-2H. The molecule has 8 aromatic rings. The van der Waals surface area contributed by atoms with Crippen molar-refractivity contribution in [3.63, 3.8) is 0 Å². The Hall–Kier alpha value is -8.30. The molecule has 20 nitrogen and oxygen atoms in total. The van der Waals surface area contributed by atoms with E-state index in [0.29, 0.717) is 64.3 Å². The Bertz CT molecular complexity index is 3810. The monoisotopic (exact) mass is 1330 g/mol. The number of halogens is 5. The number of nitrogen functional groups attached to an aromatic ring is 2. The van der Waals surface area contributed by atoms with Gasteiger partial charge in [0.15, 0.2) is 0 Å². The minimum absolute atomic E-state index is 0.178. The van der Waals surface area contributed by atoms with E-state index < -0.39 is 0 Å². The molecule has 2 saturated heterocycles. The van der Waals surface area contributed by atoms with Gasteiger partial charge in [-0.3, -0.25) is 9.80 Å². The lowest BCUT2D eigenvalue weighted by Gasteiger charge is -2.36. The van der Waals surface area contributed by atoms with Gasteiger partial charge in [0.2, 0.25) is 16.5 Å². The minimum Gasteiger partial charge on any atom is -0.399 e. The molecule has 91 heavy (non-hydrogen) atoms. The molecule has 3 aromatic heterocycles. The highest BCUT2D eigenvalue weighted by Crippen LogP contribution is 2.33. The molecule has 25 heteroatoms. The second kappa shape index (κ2) is 36.5. The van der Waals surface area contributed by atoms with Gasteiger partial charge in [-0.1, -0.05) is 53.0 Å². The summed E-state index contributed by atoms with van der Waals surface area (Å²) in [7, 11) is 0. The second-order valence-electron chi connectivity index (χ2n) is 21.1.